The molecule has 0 fully saturated rings. The Morgan fingerprint density at radius 1 is 1.50 bits per heavy atom. The number of thiophene rings is 1. The molecule has 1 atom stereocenters. The summed E-state index contributed by atoms with van der Waals surface area (Å²) in [7, 11) is 0. The molecule has 1 aliphatic rings. The van der Waals surface area contributed by atoms with Crippen LogP contribution in [0.4, 0.5) is 0 Å². The fourth-order valence-corrected chi connectivity index (χ4v) is 3.01. The molecule has 0 aromatic carbocycles. The molecular weight excluding hydrogens is 284 g/mol. The van der Waals surface area contributed by atoms with Crippen LogP contribution in [0, 0.1) is 0 Å². The van der Waals surface area contributed by atoms with Crippen molar-refractivity contribution in [3.63, 3.8) is 0 Å². The first kappa shape index (κ1) is 12.1. The van der Waals surface area contributed by atoms with Gasteiger partial charge in [0.1, 0.15) is 0 Å². The van der Waals surface area contributed by atoms with Gasteiger partial charge in [0.05, 0.1) is 12.7 Å². The summed E-state index contributed by atoms with van der Waals surface area (Å²) in [6.07, 6.45) is 3.38. The van der Waals surface area contributed by atoms with Gasteiger partial charge in [-0.1, -0.05) is 11.6 Å². The van der Waals surface area contributed by atoms with Crippen LogP contribution >= 0.6 is 27.3 Å². The third kappa shape index (κ3) is 2.84. The molecule has 2 heterocycles. The molecular formula is C13H15BrOS. The predicted octanol–water partition coefficient (Wildman–Crippen LogP) is 4.61. The first-order valence-electron chi connectivity index (χ1n) is 5.35. The van der Waals surface area contributed by atoms with Crippen molar-refractivity contribution >= 4 is 31.7 Å². The monoisotopic (exact) mass is 298 g/mol. The van der Waals surface area contributed by atoms with E-state index >= 15 is 0 Å². The molecule has 86 valence electrons. The summed E-state index contributed by atoms with van der Waals surface area (Å²) in [5.41, 5.74) is 2.83. The Morgan fingerprint density at radius 2 is 2.31 bits per heavy atom. The van der Waals surface area contributed by atoms with Crippen LogP contribution in [0.25, 0.3) is 4.48 Å². The summed E-state index contributed by atoms with van der Waals surface area (Å²) in [5, 5.41) is 2.08. The van der Waals surface area contributed by atoms with Crippen LogP contribution in [0.5, 0.6) is 0 Å². The summed E-state index contributed by atoms with van der Waals surface area (Å²) < 4.78 is 6.91. The van der Waals surface area contributed by atoms with E-state index in [2.05, 4.69) is 53.4 Å². The number of ether oxygens (including phenoxy) is 1. The van der Waals surface area contributed by atoms with Crippen LogP contribution in [0.3, 0.4) is 0 Å². The highest BCUT2D eigenvalue weighted by Gasteiger charge is 2.15. The standard InChI is InChI=1S/C13H15BrOS/c1-9-6-11(15-8-10(9)2)7-12(14)13-4-3-5-16-13/h3-5,7,11H,6,8H2,1-2H3/b12-7-. The SMILES string of the molecule is CC1=C(C)CC(/C=C(\Br)c2cccs2)OC1. The predicted molar refractivity (Wildman–Crippen MR) is 74.0 cm³/mol. The molecule has 0 aliphatic carbocycles. The van der Waals surface area contributed by atoms with Crippen LogP contribution in [0.15, 0.2) is 34.7 Å². The second kappa shape index (κ2) is 5.30. The highest BCUT2D eigenvalue weighted by atomic mass is 79.9. The molecule has 1 aromatic rings. The Kier molecular flexibility index (Phi) is 4.00. The zero-order valence-electron chi connectivity index (χ0n) is 9.50. The third-order valence-electron chi connectivity index (χ3n) is 2.84. The molecule has 2 rings (SSSR count). The van der Waals surface area contributed by atoms with Crippen LogP contribution in [0.1, 0.15) is 25.1 Å². The van der Waals surface area contributed by atoms with Crippen molar-refractivity contribution in [1.29, 1.82) is 0 Å². The van der Waals surface area contributed by atoms with Crippen LogP contribution in [0.2, 0.25) is 0 Å². The van der Waals surface area contributed by atoms with E-state index in [-0.39, 0.29) is 6.10 Å². The van der Waals surface area contributed by atoms with Gasteiger partial charge in [-0.05, 0) is 59.3 Å². The number of halogens is 1. The Balaban J connectivity index is 2.09. The molecule has 1 aliphatic heterocycles. The van der Waals surface area contributed by atoms with Crippen molar-refractivity contribution in [3.8, 4) is 0 Å². The molecule has 1 aromatic heterocycles. The van der Waals surface area contributed by atoms with Gasteiger partial charge < -0.3 is 4.74 Å². The van der Waals surface area contributed by atoms with Gasteiger partial charge in [0.2, 0.25) is 0 Å². The van der Waals surface area contributed by atoms with Crippen molar-refractivity contribution < 1.29 is 4.74 Å². The Morgan fingerprint density at radius 3 is 2.94 bits per heavy atom. The van der Waals surface area contributed by atoms with Gasteiger partial charge >= 0.3 is 0 Å². The van der Waals surface area contributed by atoms with Crippen molar-refractivity contribution in [3.05, 3.63) is 39.6 Å². The zero-order chi connectivity index (χ0) is 11.5. The number of hydrogen-bond donors (Lipinski definition) is 0. The van der Waals surface area contributed by atoms with Crippen LogP contribution < -0.4 is 0 Å². The fraction of sp³-hybridized carbons (Fsp3) is 0.385. The Labute approximate surface area is 109 Å². The fourth-order valence-electron chi connectivity index (χ4n) is 1.66. The van der Waals surface area contributed by atoms with Gasteiger partial charge in [0, 0.05) is 9.36 Å². The molecule has 1 nitrogen and oxygen atoms in total. The summed E-state index contributed by atoms with van der Waals surface area (Å²) in [6.45, 7) is 5.10. The molecule has 0 amide bonds. The average molecular weight is 299 g/mol. The molecule has 16 heavy (non-hydrogen) atoms. The van der Waals surface area contributed by atoms with E-state index in [1.54, 1.807) is 11.3 Å². The van der Waals surface area contributed by atoms with E-state index < -0.39 is 0 Å². The molecule has 3 heteroatoms. The minimum Gasteiger partial charge on any atom is -0.369 e. The van der Waals surface area contributed by atoms with Gasteiger partial charge in [0.15, 0.2) is 0 Å². The lowest BCUT2D eigenvalue weighted by Gasteiger charge is -2.22. The zero-order valence-corrected chi connectivity index (χ0v) is 11.9. The van der Waals surface area contributed by atoms with E-state index in [0.717, 1.165) is 17.5 Å². The van der Waals surface area contributed by atoms with E-state index in [1.165, 1.54) is 16.0 Å². The van der Waals surface area contributed by atoms with E-state index in [9.17, 15) is 0 Å². The van der Waals surface area contributed by atoms with Gasteiger partial charge in [-0.25, -0.2) is 0 Å². The summed E-state index contributed by atoms with van der Waals surface area (Å²) in [4.78, 5) is 1.26. The van der Waals surface area contributed by atoms with Gasteiger partial charge in [-0.3, -0.25) is 0 Å². The first-order valence-corrected chi connectivity index (χ1v) is 7.02. The quantitative estimate of drug-likeness (QED) is 0.725. The molecule has 0 N–H and O–H groups in total. The summed E-state index contributed by atoms with van der Waals surface area (Å²) in [6, 6.07) is 4.17. The second-order valence-electron chi connectivity index (χ2n) is 4.11. The van der Waals surface area contributed by atoms with Crippen LogP contribution in [-0.4, -0.2) is 12.7 Å². The largest absolute Gasteiger partial charge is 0.369 e. The minimum absolute atomic E-state index is 0.208. The molecule has 0 saturated heterocycles. The number of rotatable bonds is 2. The first-order chi connectivity index (χ1) is 7.66. The van der Waals surface area contributed by atoms with E-state index in [4.69, 9.17) is 4.74 Å². The summed E-state index contributed by atoms with van der Waals surface area (Å²) in [5.74, 6) is 0. The van der Waals surface area contributed by atoms with Crippen molar-refractivity contribution in [2.75, 3.05) is 6.61 Å². The maximum atomic E-state index is 5.77. The van der Waals surface area contributed by atoms with Crippen molar-refractivity contribution in [1.82, 2.24) is 0 Å². The topological polar surface area (TPSA) is 9.23 Å². The van der Waals surface area contributed by atoms with E-state index in [0.29, 0.717) is 0 Å². The number of hydrogen-bond acceptors (Lipinski definition) is 2. The van der Waals surface area contributed by atoms with Crippen LogP contribution in [-0.2, 0) is 4.74 Å². The lowest BCUT2D eigenvalue weighted by Crippen LogP contribution is -2.18. The molecule has 0 spiro atoms. The van der Waals surface area contributed by atoms with Gasteiger partial charge in [-0.15, -0.1) is 11.3 Å². The van der Waals surface area contributed by atoms with Crippen molar-refractivity contribution in [2.45, 2.75) is 26.4 Å². The third-order valence-corrected chi connectivity index (χ3v) is 4.70. The lowest BCUT2D eigenvalue weighted by atomic mass is 10.0. The molecule has 0 saturated carbocycles. The smallest absolute Gasteiger partial charge is 0.0811 e. The highest BCUT2D eigenvalue weighted by Crippen LogP contribution is 2.29. The maximum Gasteiger partial charge on any atom is 0.0811 e. The molecule has 0 radical (unpaired) electrons. The highest BCUT2D eigenvalue weighted by molar-refractivity contribution is 9.15. The van der Waals surface area contributed by atoms with Crippen molar-refractivity contribution in [2.24, 2.45) is 0 Å². The maximum absolute atomic E-state index is 5.77. The minimum atomic E-state index is 0.208. The average Bonchev–Trinajstić information content (AvgIpc) is 2.77. The summed E-state index contributed by atoms with van der Waals surface area (Å²) >= 11 is 5.35. The molecule has 0 bridgehead atoms. The Bertz CT molecular complexity index is 417. The second-order valence-corrected chi connectivity index (χ2v) is 5.91. The molecule has 1 unspecified atom stereocenters. The normalized spacial score (nSPS) is 22.7. The van der Waals surface area contributed by atoms with Gasteiger partial charge in [-0.2, -0.15) is 0 Å². The van der Waals surface area contributed by atoms with Gasteiger partial charge in [0.25, 0.3) is 0 Å². The Hall–Kier alpha value is -0.380. The lowest BCUT2D eigenvalue weighted by molar-refractivity contribution is 0.0924. The van der Waals surface area contributed by atoms with E-state index in [1.807, 2.05) is 0 Å².